The highest BCUT2D eigenvalue weighted by Crippen LogP contribution is 2.65. The molecule has 4 aliphatic rings. The van der Waals surface area contributed by atoms with Crippen molar-refractivity contribution in [2.75, 3.05) is 0 Å². The summed E-state index contributed by atoms with van der Waals surface area (Å²) in [7, 11) is 0. The predicted octanol–water partition coefficient (Wildman–Crippen LogP) is 4.50. The van der Waals surface area contributed by atoms with Crippen LogP contribution in [-0.4, -0.2) is 11.6 Å². The molecule has 0 aliphatic heterocycles. The molecule has 6 atom stereocenters. The van der Waals surface area contributed by atoms with Crippen LogP contribution in [0.3, 0.4) is 0 Å². The molecular formula is C21H28O2. The molecule has 2 heteroatoms. The molecule has 0 N–H and O–H groups in total. The van der Waals surface area contributed by atoms with Crippen LogP contribution in [0.1, 0.15) is 59.3 Å². The topological polar surface area (TPSA) is 34.1 Å². The average Bonchev–Trinajstić information content (AvgIpc) is 2.85. The third-order valence-corrected chi connectivity index (χ3v) is 8.05. The molecule has 4 aliphatic carbocycles. The number of hydrogen-bond acceptors (Lipinski definition) is 2. The third kappa shape index (κ3) is 1.99. The van der Waals surface area contributed by atoms with E-state index in [-0.39, 0.29) is 22.5 Å². The number of carbonyl (C=O) groups is 2. The average molecular weight is 312 g/mol. The summed E-state index contributed by atoms with van der Waals surface area (Å²) in [6.07, 6.45) is 12.8. The number of Topliss-reactive ketones (excluding diaryl/α,β-unsaturated/α-hetero) is 1. The van der Waals surface area contributed by atoms with Crippen molar-refractivity contribution in [3.05, 3.63) is 23.8 Å². The minimum Gasteiger partial charge on any atom is -0.300 e. The summed E-state index contributed by atoms with van der Waals surface area (Å²) in [6, 6.07) is 0. The van der Waals surface area contributed by atoms with Gasteiger partial charge < -0.3 is 0 Å². The molecule has 0 heterocycles. The lowest BCUT2D eigenvalue weighted by atomic mass is 9.47. The lowest BCUT2D eigenvalue weighted by molar-refractivity contribution is -0.127. The molecule has 3 saturated carbocycles. The van der Waals surface area contributed by atoms with Crippen molar-refractivity contribution >= 4 is 11.6 Å². The van der Waals surface area contributed by atoms with E-state index in [9.17, 15) is 9.59 Å². The van der Waals surface area contributed by atoms with Gasteiger partial charge in [0.15, 0.2) is 5.78 Å². The van der Waals surface area contributed by atoms with Crippen LogP contribution < -0.4 is 0 Å². The van der Waals surface area contributed by atoms with Gasteiger partial charge in [-0.1, -0.05) is 25.5 Å². The smallest absolute Gasteiger partial charge is 0.178 e. The Hall–Kier alpha value is -1.18. The summed E-state index contributed by atoms with van der Waals surface area (Å²) < 4.78 is 0. The van der Waals surface area contributed by atoms with Crippen molar-refractivity contribution in [1.82, 2.24) is 0 Å². The van der Waals surface area contributed by atoms with E-state index in [1.807, 2.05) is 6.08 Å². The summed E-state index contributed by atoms with van der Waals surface area (Å²) in [5.41, 5.74) is 1.65. The summed E-state index contributed by atoms with van der Waals surface area (Å²) in [5, 5.41) is 0. The van der Waals surface area contributed by atoms with Gasteiger partial charge in [-0.3, -0.25) is 9.59 Å². The zero-order valence-corrected chi connectivity index (χ0v) is 14.6. The largest absolute Gasteiger partial charge is 0.300 e. The van der Waals surface area contributed by atoms with E-state index in [0.717, 1.165) is 18.8 Å². The van der Waals surface area contributed by atoms with Gasteiger partial charge in [0.2, 0.25) is 0 Å². The van der Waals surface area contributed by atoms with Gasteiger partial charge in [-0.15, -0.1) is 0 Å². The second-order valence-corrected chi connectivity index (χ2v) is 8.89. The number of rotatable bonds is 1. The number of allylic oxidation sites excluding steroid dienone is 4. The Kier molecular flexibility index (Phi) is 3.28. The van der Waals surface area contributed by atoms with Gasteiger partial charge in [-0.25, -0.2) is 0 Å². The van der Waals surface area contributed by atoms with Gasteiger partial charge in [-0.05, 0) is 80.8 Å². The Morgan fingerprint density at radius 2 is 1.91 bits per heavy atom. The SMILES string of the molecule is CC(=O)[C@@H]1CC[C@H]2[C@@H]3CCC4=CC(=O)C=C[C@]4(C)[C@H]3CC[C@]12C. The van der Waals surface area contributed by atoms with Crippen molar-refractivity contribution in [1.29, 1.82) is 0 Å². The predicted molar refractivity (Wildman–Crippen MR) is 90.8 cm³/mol. The van der Waals surface area contributed by atoms with Crippen molar-refractivity contribution < 1.29 is 9.59 Å². The van der Waals surface area contributed by atoms with Gasteiger partial charge in [0.25, 0.3) is 0 Å². The lowest BCUT2D eigenvalue weighted by Gasteiger charge is -2.56. The maximum Gasteiger partial charge on any atom is 0.178 e. The Balaban J connectivity index is 1.68. The summed E-state index contributed by atoms with van der Waals surface area (Å²) in [5.74, 6) is 2.91. The quantitative estimate of drug-likeness (QED) is 0.714. The zero-order chi connectivity index (χ0) is 16.4. The van der Waals surface area contributed by atoms with Crippen LogP contribution >= 0.6 is 0 Å². The Morgan fingerprint density at radius 1 is 1.13 bits per heavy atom. The molecule has 4 rings (SSSR count). The molecule has 124 valence electrons. The fourth-order valence-electron chi connectivity index (χ4n) is 6.87. The maximum absolute atomic E-state index is 12.1. The molecule has 0 bridgehead atoms. The summed E-state index contributed by atoms with van der Waals surface area (Å²) in [6.45, 7) is 6.53. The molecule has 0 aromatic carbocycles. The molecular weight excluding hydrogens is 284 g/mol. The molecule has 3 fully saturated rings. The Morgan fingerprint density at radius 3 is 2.65 bits per heavy atom. The normalized spacial score (nSPS) is 48.3. The number of ketones is 2. The van der Waals surface area contributed by atoms with Crippen LogP contribution in [0.5, 0.6) is 0 Å². The summed E-state index contributed by atoms with van der Waals surface area (Å²) >= 11 is 0. The molecule has 0 radical (unpaired) electrons. The van der Waals surface area contributed by atoms with Crippen molar-refractivity contribution in [3.63, 3.8) is 0 Å². The Bertz CT molecular complexity index is 628. The van der Waals surface area contributed by atoms with Crippen LogP contribution in [0, 0.1) is 34.5 Å². The Labute approximate surface area is 139 Å². The monoisotopic (exact) mass is 312 g/mol. The van der Waals surface area contributed by atoms with Crippen molar-refractivity contribution in [3.8, 4) is 0 Å². The van der Waals surface area contributed by atoms with Crippen LogP contribution in [0.2, 0.25) is 0 Å². The van der Waals surface area contributed by atoms with Gasteiger partial charge in [0.1, 0.15) is 5.78 Å². The van der Waals surface area contributed by atoms with Crippen LogP contribution in [0.4, 0.5) is 0 Å². The lowest BCUT2D eigenvalue weighted by Crippen LogP contribution is -2.50. The van der Waals surface area contributed by atoms with E-state index in [1.165, 1.54) is 31.3 Å². The molecule has 2 nitrogen and oxygen atoms in total. The molecule has 23 heavy (non-hydrogen) atoms. The van der Waals surface area contributed by atoms with E-state index in [2.05, 4.69) is 19.9 Å². The van der Waals surface area contributed by atoms with Gasteiger partial charge in [0, 0.05) is 11.3 Å². The van der Waals surface area contributed by atoms with Gasteiger partial charge in [0.05, 0.1) is 0 Å². The standard InChI is InChI=1S/C21H28O2/c1-13(22)17-6-7-18-16-5-4-14-12-15(23)8-10-20(14,2)19(16)9-11-21(17,18)3/h8,10,12,16-19H,4-7,9,11H2,1-3H3/t16-,17-,18-,19-,20-,21+/m0/s1. The molecule has 0 aromatic heterocycles. The highest BCUT2D eigenvalue weighted by atomic mass is 16.1. The summed E-state index contributed by atoms with van der Waals surface area (Å²) in [4.78, 5) is 23.9. The van der Waals surface area contributed by atoms with Crippen molar-refractivity contribution in [2.24, 2.45) is 34.5 Å². The fraction of sp³-hybridized carbons (Fsp3) is 0.714. The first-order valence-electron chi connectivity index (χ1n) is 9.31. The van der Waals surface area contributed by atoms with E-state index in [1.54, 1.807) is 13.0 Å². The molecule has 0 saturated heterocycles. The second kappa shape index (κ2) is 4.91. The minimum atomic E-state index is 0.0759. The number of hydrogen-bond donors (Lipinski definition) is 0. The van der Waals surface area contributed by atoms with E-state index in [0.29, 0.717) is 17.6 Å². The molecule has 0 unspecified atom stereocenters. The van der Waals surface area contributed by atoms with Crippen LogP contribution in [0.25, 0.3) is 0 Å². The van der Waals surface area contributed by atoms with Gasteiger partial charge in [-0.2, -0.15) is 0 Å². The second-order valence-electron chi connectivity index (χ2n) is 8.89. The first kappa shape index (κ1) is 15.4. The maximum atomic E-state index is 12.1. The van der Waals surface area contributed by atoms with E-state index < -0.39 is 0 Å². The highest BCUT2D eigenvalue weighted by molar-refractivity contribution is 6.01. The van der Waals surface area contributed by atoms with Crippen molar-refractivity contribution in [2.45, 2.75) is 59.3 Å². The highest BCUT2D eigenvalue weighted by Gasteiger charge is 2.59. The van der Waals surface area contributed by atoms with Crippen LogP contribution in [-0.2, 0) is 9.59 Å². The number of carbonyl (C=O) groups excluding carboxylic acids is 2. The molecule has 0 aromatic rings. The van der Waals surface area contributed by atoms with E-state index in [4.69, 9.17) is 0 Å². The van der Waals surface area contributed by atoms with Crippen LogP contribution in [0.15, 0.2) is 23.8 Å². The van der Waals surface area contributed by atoms with E-state index >= 15 is 0 Å². The zero-order valence-electron chi connectivity index (χ0n) is 14.6. The molecule has 0 amide bonds. The first-order valence-corrected chi connectivity index (χ1v) is 9.31. The minimum absolute atomic E-state index is 0.0759. The third-order valence-electron chi connectivity index (χ3n) is 8.05. The van der Waals surface area contributed by atoms with Gasteiger partial charge >= 0.3 is 0 Å². The number of fused-ring (bicyclic) bond motifs is 5. The first-order chi connectivity index (χ1) is 10.9. The molecule has 0 spiro atoms. The fourth-order valence-corrected chi connectivity index (χ4v) is 6.87.